The van der Waals surface area contributed by atoms with Crippen LogP contribution in [-0.2, 0) is 16.1 Å². The number of carbonyl (C=O) groups excluding carboxylic acids is 2. The largest absolute Gasteiger partial charge is 0.467 e. The van der Waals surface area contributed by atoms with Crippen LogP contribution in [0, 0.1) is 23.0 Å². The van der Waals surface area contributed by atoms with Crippen LogP contribution in [0.25, 0.3) is 11.3 Å². The van der Waals surface area contributed by atoms with Gasteiger partial charge in [-0.05, 0) is 19.1 Å². The fourth-order valence-corrected chi connectivity index (χ4v) is 4.05. The van der Waals surface area contributed by atoms with E-state index in [1.807, 2.05) is 0 Å². The van der Waals surface area contributed by atoms with Crippen molar-refractivity contribution >= 4 is 34.0 Å². The van der Waals surface area contributed by atoms with Gasteiger partial charge in [-0.3, -0.25) is 19.7 Å². The number of hydrogen-bond acceptors (Lipinski definition) is 7. The molecular formula is C20H18N4O5S. The molecule has 1 atom stereocenters. The number of carbonyl (C=O) groups is 2. The summed E-state index contributed by atoms with van der Waals surface area (Å²) in [6.45, 7) is 2.32. The van der Waals surface area contributed by atoms with Crippen LogP contribution in [-0.4, -0.2) is 33.2 Å². The van der Waals surface area contributed by atoms with Gasteiger partial charge < -0.3 is 14.6 Å². The highest BCUT2D eigenvalue weighted by Crippen LogP contribution is 2.30. The van der Waals surface area contributed by atoms with Crippen molar-refractivity contribution in [2.45, 2.75) is 19.9 Å². The van der Waals surface area contributed by atoms with Crippen LogP contribution in [0.1, 0.15) is 17.7 Å². The molecule has 4 rings (SSSR count). The van der Waals surface area contributed by atoms with Crippen LogP contribution in [0.3, 0.4) is 0 Å². The molecule has 1 aliphatic heterocycles. The molecule has 1 aliphatic rings. The first kappa shape index (κ1) is 19.8. The van der Waals surface area contributed by atoms with Gasteiger partial charge in [0.1, 0.15) is 5.76 Å². The molecule has 0 bridgehead atoms. The highest BCUT2D eigenvalue weighted by molar-refractivity contribution is 7.14. The SMILES string of the molecule is Cc1ccc(-c2csc(NC(=O)C3CC(=O)N(Cc4ccco4)C3)n2)cc1[N+](=O)[O-]. The van der Waals surface area contributed by atoms with E-state index in [9.17, 15) is 19.7 Å². The lowest BCUT2D eigenvalue weighted by Gasteiger charge is -2.14. The Morgan fingerprint density at radius 2 is 2.27 bits per heavy atom. The molecule has 0 spiro atoms. The number of nitrogens with one attached hydrogen (secondary N) is 1. The van der Waals surface area contributed by atoms with Gasteiger partial charge in [0, 0.05) is 35.5 Å². The van der Waals surface area contributed by atoms with E-state index in [2.05, 4.69) is 10.3 Å². The maximum absolute atomic E-state index is 12.6. The second-order valence-corrected chi connectivity index (χ2v) is 7.90. The first-order chi connectivity index (χ1) is 14.4. The molecule has 10 heteroatoms. The molecule has 1 aromatic carbocycles. The summed E-state index contributed by atoms with van der Waals surface area (Å²) in [4.78, 5) is 41.5. The number of likely N-dealkylation sites (tertiary alicyclic amines) is 1. The third-order valence-corrected chi connectivity index (χ3v) is 5.71. The van der Waals surface area contributed by atoms with E-state index in [4.69, 9.17) is 4.42 Å². The van der Waals surface area contributed by atoms with Gasteiger partial charge in [-0.1, -0.05) is 12.1 Å². The number of amides is 2. The summed E-state index contributed by atoms with van der Waals surface area (Å²) in [5.41, 5.74) is 1.73. The van der Waals surface area contributed by atoms with E-state index >= 15 is 0 Å². The summed E-state index contributed by atoms with van der Waals surface area (Å²) in [5.74, 6) is -0.180. The lowest BCUT2D eigenvalue weighted by atomic mass is 10.1. The van der Waals surface area contributed by atoms with Crippen molar-refractivity contribution in [2.24, 2.45) is 5.92 Å². The Morgan fingerprint density at radius 1 is 1.43 bits per heavy atom. The van der Waals surface area contributed by atoms with Gasteiger partial charge >= 0.3 is 0 Å². The minimum atomic E-state index is -0.472. The van der Waals surface area contributed by atoms with Crippen molar-refractivity contribution in [1.82, 2.24) is 9.88 Å². The monoisotopic (exact) mass is 426 g/mol. The van der Waals surface area contributed by atoms with Gasteiger partial charge in [-0.25, -0.2) is 4.98 Å². The Hall–Kier alpha value is -3.53. The lowest BCUT2D eigenvalue weighted by molar-refractivity contribution is -0.385. The van der Waals surface area contributed by atoms with E-state index < -0.39 is 10.8 Å². The number of anilines is 1. The molecule has 0 radical (unpaired) electrons. The predicted molar refractivity (Wildman–Crippen MR) is 110 cm³/mol. The average molecular weight is 426 g/mol. The zero-order valence-electron chi connectivity index (χ0n) is 16.0. The Bertz CT molecular complexity index is 1110. The van der Waals surface area contributed by atoms with Gasteiger partial charge in [-0.15, -0.1) is 11.3 Å². The number of nitro groups is 1. The molecule has 2 aromatic heterocycles. The molecule has 3 aromatic rings. The fourth-order valence-electron chi connectivity index (χ4n) is 3.33. The zero-order chi connectivity index (χ0) is 21.3. The van der Waals surface area contributed by atoms with Crippen molar-refractivity contribution in [2.75, 3.05) is 11.9 Å². The van der Waals surface area contributed by atoms with Crippen molar-refractivity contribution in [3.63, 3.8) is 0 Å². The number of thiazole rings is 1. The molecule has 0 saturated carbocycles. The second-order valence-electron chi connectivity index (χ2n) is 7.04. The number of nitro benzene ring substituents is 1. The van der Waals surface area contributed by atoms with Gasteiger partial charge in [0.15, 0.2) is 5.13 Å². The number of rotatable bonds is 6. The number of aromatic nitrogens is 1. The summed E-state index contributed by atoms with van der Waals surface area (Å²) < 4.78 is 5.27. The number of nitrogens with zero attached hydrogens (tertiary/aromatic N) is 3. The Morgan fingerprint density at radius 3 is 3.00 bits per heavy atom. The van der Waals surface area contributed by atoms with Crippen LogP contribution in [0.5, 0.6) is 0 Å². The topological polar surface area (TPSA) is 119 Å². The molecule has 154 valence electrons. The number of furan rings is 1. The van der Waals surface area contributed by atoms with Gasteiger partial charge in [0.25, 0.3) is 5.69 Å². The van der Waals surface area contributed by atoms with Crippen LogP contribution in [0.15, 0.2) is 46.4 Å². The highest BCUT2D eigenvalue weighted by atomic mass is 32.1. The van der Waals surface area contributed by atoms with Crippen LogP contribution >= 0.6 is 11.3 Å². The van der Waals surface area contributed by atoms with E-state index in [1.54, 1.807) is 47.7 Å². The average Bonchev–Trinajstić information content (AvgIpc) is 3.45. The molecule has 1 unspecified atom stereocenters. The molecule has 30 heavy (non-hydrogen) atoms. The third kappa shape index (κ3) is 4.08. The molecule has 3 heterocycles. The van der Waals surface area contributed by atoms with E-state index in [0.29, 0.717) is 40.8 Å². The molecule has 0 aliphatic carbocycles. The standard InChI is InChI=1S/C20H18N4O5S/c1-12-4-5-13(7-17(12)24(27)28)16-11-30-20(21-16)22-19(26)14-8-18(25)23(9-14)10-15-3-2-6-29-15/h2-7,11,14H,8-10H2,1H3,(H,21,22,26). The molecule has 1 fully saturated rings. The maximum atomic E-state index is 12.6. The minimum absolute atomic E-state index is 0.0206. The summed E-state index contributed by atoms with van der Waals surface area (Å²) in [5, 5.41) is 16.0. The second kappa shape index (κ2) is 8.07. The van der Waals surface area contributed by atoms with Crippen LogP contribution in [0.4, 0.5) is 10.8 Å². The fraction of sp³-hybridized carbons (Fsp3) is 0.250. The quantitative estimate of drug-likeness (QED) is 0.475. The Balaban J connectivity index is 1.41. The van der Waals surface area contributed by atoms with Crippen molar-refractivity contribution in [3.8, 4) is 11.3 Å². The molecule has 1 saturated heterocycles. The van der Waals surface area contributed by atoms with E-state index in [1.165, 1.54) is 17.4 Å². The predicted octanol–water partition coefficient (Wildman–Crippen LogP) is 3.61. The smallest absolute Gasteiger partial charge is 0.272 e. The maximum Gasteiger partial charge on any atom is 0.272 e. The van der Waals surface area contributed by atoms with E-state index in [0.717, 1.165) is 0 Å². The van der Waals surface area contributed by atoms with Gasteiger partial charge in [0.05, 0.1) is 29.3 Å². The number of benzene rings is 1. The molecule has 9 nitrogen and oxygen atoms in total. The molecule has 1 N–H and O–H groups in total. The lowest BCUT2D eigenvalue weighted by Crippen LogP contribution is -2.27. The first-order valence-corrected chi connectivity index (χ1v) is 10.1. The highest BCUT2D eigenvalue weighted by Gasteiger charge is 2.35. The zero-order valence-corrected chi connectivity index (χ0v) is 16.8. The number of hydrogen-bond donors (Lipinski definition) is 1. The summed E-state index contributed by atoms with van der Waals surface area (Å²) in [6, 6.07) is 8.43. The molecular weight excluding hydrogens is 408 g/mol. The van der Waals surface area contributed by atoms with Crippen molar-refractivity contribution in [3.05, 3.63) is 63.4 Å². The van der Waals surface area contributed by atoms with Crippen molar-refractivity contribution in [1.29, 1.82) is 0 Å². The van der Waals surface area contributed by atoms with Gasteiger partial charge in [-0.2, -0.15) is 0 Å². The van der Waals surface area contributed by atoms with E-state index in [-0.39, 0.29) is 23.9 Å². The normalized spacial score (nSPS) is 16.1. The van der Waals surface area contributed by atoms with Crippen molar-refractivity contribution < 1.29 is 18.9 Å². The van der Waals surface area contributed by atoms with Crippen LogP contribution < -0.4 is 5.32 Å². The third-order valence-electron chi connectivity index (χ3n) is 4.95. The minimum Gasteiger partial charge on any atom is -0.467 e. The summed E-state index contributed by atoms with van der Waals surface area (Å²) >= 11 is 1.23. The Kier molecular flexibility index (Phi) is 5.32. The Labute approximate surface area is 175 Å². The van der Waals surface area contributed by atoms with Crippen LogP contribution in [0.2, 0.25) is 0 Å². The number of aryl methyl sites for hydroxylation is 1. The summed E-state index contributed by atoms with van der Waals surface area (Å²) in [6.07, 6.45) is 1.68. The summed E-state index contributed by atoms with van der Waals surface area (Å²) in [7, 11) is 0. The first-order valence-electron chi connectivity index (χ1n) is 9.22. The molecule has 2 amide bonds. The van der Waals surface area contributed by atoms with Gasteiger partial charge in [0.2, 0.25) is 11.8 Å².